The highest BCUT2D eigenvalue weighted by atomic mass is 14.7. The van der Waals surface area contributed by atoms with E-state index in [1.54, 1.807) is 6.21 Å². The summed E-state index contributed by atoms with van der Waals surface area (Å²) < 4.78 is 0. The van der Waals surface area contributed by atoms with Gasteiger partial charge in [-0.25, -0.2) is 0 Å². The molecule has 1 atom stereocenters. The first-order chi connectivity index (χ1) is 4.13. The summed E-state index contributed by atoms with van der Waals surface area (Å²) in [5.74, 6) is 0.639. The fourth-order valence-electron chi connectivity index (χ4n) is 0.438. The lowest BCUT2D eigenvalue weighted by Crippen LogP contribution is -2.16. The number of hydrogen-bond donors (Lipinski definition) is 1. The zero-order valence-corrected chi connectivity index (χ0v) is 6.46. The number of rotatable bonds is 3. The molecule has 9 heavy (non-hydrogen) atoms. The quantitative estimate of drug-likeness (QED) is 0.567. The largest absolute Gasteiger partial charge is 0.323 e. The van der Waals surface area contributed by atoms with Crippen molar-refractivity contribution in [3.8, 4) is 0 Å². The summed E-state index contributed by atoms with van der Waals surface area (Å²) in [5.41, 5.74) is 5.43. The maximum atomic E-state index is 5.43. The Morgan fingerprint density at radius 2 is 2.00 bits per heavy atom. The van der Waals surface area contributed by atoms with Crippen molar-refractivity contribution < 1.29 is 0 Å². The van der Waals surface area contributed by atoms with Gasteiger partial charge >= 0.3 is 0 Å². The third kappa shape index (κ3) is 7.63. The number of hydrogen-bond acceptors (Lipinski definition) is 2. The fourth-order valence-corrected chi connectivity index (χ4v) is 0.438. The molecule has 0 aliphatic rings. The van der Waals surface area contributed by atoms with Gasteiger partial charge < -0.3 is 5.73 Å². The molecule has 2 heteroatoms. The van der Waals surface area contributed by atoms with E-state index in [1.165, 1.54) is 0 Å². The smallest absolute Gasteiger partial charge is 0.0409 e. The summed E-state index contributed by atoms with van der Waals surface area (Å²) in [6.07, 6.45) is 1.79. The van der Waals surface area contributed by atoms with E-state index in [9.17, 15) is 0 Å². The monoisotopic (exact) mass is 128 g/mol. The molecule has 0 aliphatic heterocycles. The minimum absolute atomic E-state index is 0.101. The Kier molecular flexibility index (Phi) is 4.32. The van der Waals surface area contributed by atoms with E-state index in [-0.39, 0.29) is 6.04 Å². The van der Waals surface area contributed by atoms with Crippen molar-refractivity contribution >= 4 is 6.21 Å². The average molecular weight is 128 g/mol. The maximum Gasteiger partial charge on any atom is 0.0409 e. The van der Waals surface area contributed by atoms with Gasteiger partial charge in [-0.1, -0.05) is 13.8 Å². The molecule has 0 radical (unpaired) electrons. The van der Waals surface area contributed by atoms with Crippen LogP contribution in [0.4, 0.5) is 0 Å². The lowest BCUT2D eigenvalue weighted by molar-refractivity contribution is 0.665. The second kappa shape index (κ2) is 4.50. The van der Waals surface area contributed by atoms with Crippen molar-refractivity contribution in [1.29, 1.82) is 0 Å². The van der Waals surface area contributed by atoms with Gasteiger partial charge in [-0.05, 0) is 12.8 Å². The van der Waals surface area contributed by atoms with Crippen LogP contribution in [0.25, 0.3) is 0 Å². The summed E-state index contributed by atoms with van der Waals surface area (Å²) in [5, 5.41) is 0. The van der Waals surface area contributed by atoms with Crippen LogP contribution in [0, 0.1) is 5.92 Å². The average Bonchev–Trinajstić information content (AvgIpc) is 1.63. The van der Waals surface area contributed by atoms with Gasteiger partial charge in [0, 0.05) is 18.8 Å². The van der Waals surface area contributed by atoms with Crippen molar-refractivity contribution in [3.63, 3.8) is 0 Å². The van der Waals surface area contributed by atoms with Gasteiger partial charge in [-0.3, -0.25) is 4.99 Å². The molecular formula is C7H16N2. The Hall–Kier alpha value is -0.370. The molecule has 0 saturated carbocycles. The molecule has 0 aliphatic carbocycles. The van der Waals surface area contributed by atoms with Crippen LogP contribution >= 0.6 is 0 Å². The second-order valence-electron chi connectivity index (χ2n) is 2.77. The van der Waals surface area contributed by atoms with Crippen LogP contribution in [-0.2, 0) is 0 Å². The third-order valence-corrected chi connectivity index (χ3v) is 0.811. The van der Waals surface area contributed by atoms with Crippen LogP contribution in [0.3, 0.4) is 0 Å². The summed E-state index contributed by atoms with van der Waals surface area (Å²) in [4.78, 5) is 4.12. The molecule has 0 aromatic carbocycles. The van der Waals surface area contributed by atoms with E-state index in [0.717, 1.165) is 6.54 Å². The molecule has 2 nitrogen and oxygen atoms in total. The van der Waals surface area contributed by atoms with Crippen LogP contribution in [0.15, 0.2) is 4.99 Å². The highest BCUT2D eigenvalue weighted by Crippen LogP contribution is 1.89. The standard InChI is InChI=1S/C7H16N2/c1-6(2)4-9-5-7(3)8/h5-7H,4,8H2,1-3H3. The first-order valence-electron chi connectivity index (χ1n) is 3.38. The molecule has 0 amide bonds. The molecule has 0 saturated heterocycles. The maximum absolute atomic E-state index is 5.43. The SMILES string of the molecule is CC(N)C=NCC(C)C. The van der Waals surface area contributed by atoms with E-state index >= 15 is 0 Å². The first kappa shape index (κ1) is 8.63. The molecule has 0 spiro atoms. The van der Waals surface area contributed by atoms with Gasteiger partial charge in [0.05, 0.1) is 0 Å². The zero-order chi connectivity index (χ0) is 7.28. The summed E-state index contributed by atoms with van der Waals surface area (Å²) in [6.45, 7) is 7.09. The predicted octanol–water partition coefficient (Wildman–Crippen LogP) is 1.06. The normalized spacial score (nSPS) is 15.2. The van der Waals surface area contributed by atoms with Gasteiger partial charge in [0.2, 0.25) is 0 Å². The Bertz CT molecular complexity index is 84.9. The number of nitrogens with two attached hydrogens (primary N) is 1. The minimum Gasteiger partial charge on any atom is -0.323 e. The molecule has 54 valence electrons. The highest BCUT2D eigenvalue weighted by Gasteiger charge is 1.88. The molecule has 2 N–H and O–H groups in total. The molecule has 0 aromatic heterocycles. The van der Waals surface area contributed by atoms with Crippen LogP contribution in [0.5, 0.6) is 0 Å². The van der Waals surface area contributed by atoms with Crippen molar-refractivity contribution in [2.24, 2.45) is 16.6 Å². The van der Waals surface area contributed by atoms with Gasteiger partial charge in [0.15, 0.2) is 0 Å². The summed E-state index contributed by atoms with van der Waals surface area (Å²) >= 11 is 0. The molecular weight excluding hydrogens is 112 g/mol. The van der Waals surface area contributed by atoms with Crippen molar-refractivity contribution in [2.45, 2.75) is 26.8 Å². The van der Waals surface area contributed by atoms with E-state index in [2.05, 4.69) is 18.8 Å². The first-order valence-corrected chi connectivity index (χ1v) is 3.38. The Morgan fingerprint density at radius 1 is 1.44 bits per heavy atom. The van der Waals surface area contributed by atoms with Gasteiger partial charge in [0.1, 0.15) is 0 Å². The molecule has 0 heterocycles. The van der Waals surface area contributed by atoms with Crippen LogP contribution in [-0.4, -0.2) is 18.8 Å². The van der Waals surface area contributed by atoms with E-state index < -0.39 is 0 Å². The molecule has 0 fully saturated rings. The Balaban J connectivity index is 3.25. The zero-order valence-electron chi connectivity index (χ0n) is 6.46. The van der Waals surface area contributed by atoms with Crippen LogP contribution in [0.2, 0.25) is 0 Å². The van der Waals surface area contributed by atoms with Gasteiger partial charge in [-0.2, -0.15) is 0 Å². The van der Waals surface area contributed by atoms with Crippen molar-refractivity contribution in [3.05, 3.63) is 0 Å². The third-order valence-electron chi connectivity index (χ3n) is 0.811. The Labute approximate surface area is 57.2 Å². The highest BCUT2D eigenvalue weighted by molar-refractivity contribution is 5.63. The van der Waals surface area contributed by atoms with E-state index in [0.29, 0.717) is 5.92 Å². The Morgan fingerprint density at radius 3 is 2.33 bits per heavy atom. The molecule has 0 rings (SSSR count). The van der Waals surface area contributed by atoms with E-state index in [4.69, 9.17) is 5.73 Å². The fraction of sp³-hybridized carbons (Fsp3) is 0.857. The lowest BCUT2D eigenvalue weighted by atomic mass is 10.2. The molecule has 0 bridgehead atoms. The van der Waals surface area contributed by atoms with Crippen molar-refractivity contribution in [1.82, 2.24) is 0 Å². The van der Waals surface area contributed by atoms with E-state index in [1.807, 2.05) is 6.92 Å². The summed E-state index contributed by atoms with van der Waals surface area (Å²) in [7, 11) is 0. The predicted molar refractivity (Wildman–Crippen MR) is 41.8 cm³/mol. The van der Waals surface area contributed by atoms with Crippen LogP contribution < -0.4 is 5.73 Å². The lowest BCUT2D eigenvalue weighted by Gasteiger charge is -1.97. The second-order valence-corrected chi connectivity index (χ2v) is 2.77. The van der Waals surface area contributed by atoms with Gasteiger partial charge in [0.25, 0.3) is 0 Å². The van der Waals surface area contributed by atoms with Crippen molar-refractivity contribution in [2.75, 3.05) is 6.54 Å². The van der Waals surface area contributed by atoms with Gasteiger partial charge in [-0.15, -0.1) is 0 Å². The topological polar surface area (TPSA) is 38.4 Å². The molecule has 0 aromatic rings. The molecule has 1 unspecified atom stereocenters. The minimum atomic E-state index is 0.101. The van der Waals surface area contributed by atoms with Crippen LogP contribution in [0.1, 0.15) is 20.8 Å². The summed E-state index contributed by atoms with van der Waals surface area (Å²) in [6, 6.07) is 0.101. The number of nitrogens with zero attached hydrogens (tertiary/aromatic N) is 1. The number of aliphatic imine (C=N–C) groups is 1.